The SMILES string of the molecule is C[C@H](C(N)=O)N(C)CC(O)Cc1ccccc1C(F)(F)F. The number of alkyl halides is 3. The third kappa shape index (κ3) is 5.02. The minimum atomic E-state index is -4.46. The molecule has 1 amide bonds. The van der Waals surface area contributed by atoms with Gasteiger partial charge in [-0.2, -0.15) is 13.2 Å². The fraction of sp³-hybridized carbons (Fsp3) is 0.500. The number of aliphatic hydroxyl groups is 1. The second-order valence-electron chi connectivity index (χ2n) is 5.03. The molecule has 0 aliphatic rings. The maximum absolute atomic E-state index is 12.8. The summed E-state index contributed by atoms with van der Waals surface area (Å²) in [4.78, 5) is 12.5. The number of primary amides is 1. The molecule has 2 atom stereocenters. The van der Waals surface area contributed by atoms with Gasteiger partial charge in [-0.25, -0.2) is 0 Å². The van der Waals surface area contributed by atoms with Crippen molar-refractivity contribution in [3.63, 3.8) is 0 Å². The van der Waals surface area contributed by atoms with E-state index in [1.165, 1.54) is 23.1 Å². The molecule has 1 rings (SSSR count). The van der Waals surface area contributed by atoms with Crippen LogP contribution in [-0.2, 0) is 17.4 Å². The van der Waals surface area contributed by atoms with Crippen molar-refractivity contribution in [3.05, 3.63) is 35.4 Å². The molecule has 4 nitrogen and oxygen atoms in total. The molecule has 0 bridgehead atoms. The van der Waals surface area contributed by atoms with Gasteiger partial charge in [-0.05, 0) is 25.6 Å². The van der Waals surface area contributed by atoms with Gasteiger partial charge in [0.2, 0.25) is 5.91 Å². The zero-order chi connectivity index (χ0) is 16.2. The molecule has 1 aromatic rings. The number of amides is 1. The second-order valence-corrected chi connectivity index (χ2v) is 5.03. The van der Waals surface area contributed by atoms with E-state index in [0.29, 0.717) is 0 Å². The zero-order valence-electron chi connectivity index (χ0n) is 11.9. The molecule has 0 radical (unpaired) electrons. The number of likely N-dealkylation sites (N-methyl/N-ethyl adjacent to an activating group) is 1. The molecule has 0 aliphatic heterocycles. The summed E-state index contributed by atoms with van der Waals surface area (Å²) in [5.74, 6) is -0.555. The largest absolute Gasteiger partial charge is 0.416 e. The van der Waals surface area contributed by atoms with Crippen LogP contribution in [0.3, 0.4) is 0 Å². The molecule has 0 heterocycles. The summed E-state index contributed by atoms with van der Waals surface area (Å²) in [6, 6.07) is 4.52. The van der Waals surface area contributed by atoms with E-state index in [0.717, 1.165) is 6.07 Å². The number of halogens is 3. The smallest absolute Gasteiger partial charge is 0.391 e. The summed E-state index contributed by atoms with van der Waals surface area (Å²) in [5, 5.41) is 9.93. The lowest BCUT2D eigenvalue weighted by atomic mass is 10.0. The van der Waals surface area contributed by atoms with E-state index in [9.17, 15) is 23.1 Å². The van der Waals surface area contributed by atoms with Crippen LogP contribution in [0.25, 0.3) is 0 Å². The molecule has 21 heavy (non-hydrogen) atoms. The number of aliphatic hydroxyl groups excluding tert-OH is 1. The highest BCUT2D eigenvalue weighted by Gasteiger charge is 2.33. The van der Waals surface area contributed by atoms with Crippen LogP contribution in [0.2, 0.25) is 0 Å². The maximum Gasteiger partial charge on any atom is 0.416 e. The highest BCUT2D eigenvalue weighted by atomic mass is 19.4. The van der Waals surface area contributed by atoms with Crippen LogP contribution in [0, 0.1) is 0 Å². The molecule has 1 aromatic carbocycles. The second kappa shape index (κ2) is 6.91. The molecule has 1 unspecified atom stereocenters. The number of carbonyl (C=O) groups excluding carboxylic acids is 1. The van der Waals surface area contributed by atoms with Crippen molar-refractivity contribution >= 4 is 5.91 Å². The van der Waals surface area contributed by atoms with Gasteiger partial charge in [-0.15, -0.1) is 0 Å². The standard InChI is InChI=1S/C14H19F3N2O2/c1-9(13(18)21)19(2)8-11(20)7-10-5-3-4-6-12(10)14(15,16)17/h3-6,9,11,20H,7-8H2,1-2H3,(H2,18,21)/t9-,11?/m1/s1. The Morgan fingerprint density at radius 1 is 1.38 bits per heavy atom. The van der Waals surface area contributed by atoms with Crippen molar-refractivity contribution in [2.75, 3.05) is 13.6 Å². The van der Waals surface area contributed by atoms with Crippen molar-refractivity contribution in [3.8, 4) is 0 Å². The van der Waals surface area contributed by atoms with Gasteiger partial charge < -0.3 is 10.8 Å². The molecular formula is C14H19F3N2O2. The van der Waals surface area contributed by atoms with Crippen molar-refractivity contribution in [1.82, 2.24) is 4.90 Å². The van der Waals surface area contributed by atoms with Crippen LogP contribution in [-0.4, -0.2) is 41.7 Å². The number of nitrogens with zero attached hydrogens (tertiary/aromatic N) is 1. The molecular weight excluding hydrogens is 285 g/mol. The van der Waals surface area contributed by atoms with Crippen molar-refractivity contribution in [2.24, 2.45) is 5.73 Å². The van der Waals surface area contributed by atoms with Crippen LogP contribution >= 0.6 is 0 Å². The summed E-state index contributed by atoms with van der Waals surface area (Å²) in [6.07, 6.45) is -5.63. The molecule has 0 spiro atoms. The Morgan fingerprint density at radius 2 is 1.95 bits per heavy atom. The van der Waals surface area contributed by atoms with E-state index in [1.54, 1.807) is 14.0 Å². The lowest BCUT2D eigenvalue weighted by Gasteiger charge is -2.25. The van der Waals surface area contributed by atoms with E-state index in [4.69, 9.17) is 5.73 Å². The normalized spacial score (nSPS) is 15.0. The first-order valence-electron chi connectivity index (χ1n) is 6.45. The van der Waals surface area contributed by atoms with Crippen molar-refractivity contribution in [2.45, 2.75) is 31.7 Å². The number of nitrogens with two attached hydrogens (primary N) is 1. The van der Waals surface area contributed by atoms with E-state index >= 15 is 0 Å². The van der Waals surface area contributed by atoms with Gasteiger partial charge in [-0.1, -0.05) is 18.2 Å². The van der Waals surface area contributed by atoms with Crippen LogP contribution < -0.4 is 5.73 Å². The predicted octanol–water partition coefficient (Wildman–Crippen LogP) is 1.41. The van der Waals surface area contributed by atoms with E-state index < -0.39 is 29.8 Å². The monoisotopic (exact) mass is 304 g/mol. The number of rotatable bonds is 6. The molecule has 0 saturated heterocycles. The fourth-order valence-corrected chi connectivity index (χ4v) is 2.00. The Labute approximate surface area is 121 Å². The van der Waals surface area contributed by atoms with Crippen LogP contribution in [0.5, 0.6) is 0 Å². The van der Waals surface area contributed by atoms with Gasteiger partial charge in [0, 0.05) is 13.0 Å². The molecule has 118 valence electrons. The first kappa shape index (κ1) is 17.5. The summed E-state index contributed by atoms with van der Waals surface area (Å²) >= 11 is 0. The Balaban J connectivity index is 2.76. The highest BCUT2D eigenvalue weighted by molar-refractivity contribution is 5.79. The molecule has 0 aromatic heterocycles. The van der Waals surface area contributed by atoms with E-state index in [1.807, 2.05) is 0 Å². The minimum absolute atomic E-state index is 0.0256. The third-order valence-corrected chi connectivity index (χ3v) is 3.35. The Morgan fingerprint density at radius 3 is 2.48 bits per heavy atom. The van der Waals surface area contributed by atoms with E-state index in [2.05, 4.69) is 0 Å². The van der Waals surface area contributed by atoms with Crippen molar-refractivity contribution in [1.29, 1.82) is 0 Å². The topological polar surface area (TPSA) is 66.6 Å². The summed E-state index contributed by atoms with van der Waals surface area (Å²) < 4.78 is 38.5. The number of carbonyl (C=O) groups is 1. The number of benzene rings is 1. The van der Waals surface area contributed by atoms with Crippen LogP contribution in [0.15, 0.2) is 24.3 Å². The predicted molar refractivity (Wildman–Crippen MR) is 72.4 cm³/mol. The Kier molecular flexibility index (Phi) is 5.74. The fourth-order valence-electron chi connectivity index (χ4n) is 2.00. The lowest BCUT2D eigenvalue weighted by Crippen LogP contribution is -2.44. The van der Waals surface area contributed by atoms with Gasteiger partial charge in [0.05, 0.1) is 17.7 Å². The first-order valence-corrected chi connectivity index (χ1v) is 6.45. The first-order chi connectivity index (χ1) is 9.62. The van der Waals surface area contributed by atoms with Crippen molar-refractivity contribution < 1.29 is 23.1 Å². The average Bonchev–Trinajstić information content (AvgIpc) is 2.36. The van der Waals surface area contributed by atoms with Gasteiger partial charge in [0.25, 0.3) is 0 Å². The molecule has 0 saturated carbocycles. The summed E-state index contributed by atoms with van der Waals surface area (Å²) in [6.45, 7) is 1.62. The summed E-state index contributed by atoms with van der Waals surface area (Å²) in [7, 11) is 1.58. The molecule has 7 heteroatoms. The van der Waals surface area contributed by atoms with Gasteiger partial charge in [0.1, 0.15) is 0 Å². The third-order valence-electron chi connectivity index (χ3n) is 3.35. The summed E-state index contributed by atoms with van der Waals surface area (Å²) in [5.41, 5.74) is 4.41. The quantitative estimate of drug-likeness (QED) is 0.835. The molecule has 0 aliphatic carbocycles. The average molecular weight is 304 g/mol. The van der Waals surface area contributed by atoms with Gasteiger partial charge in [-0.3, -0.25) is 9.69 Å². The molecule has 0 fully saturated rings. The van der Waals surface area contributed by atoms with E-state index in [-0.39, 0.29) is 18.5 Å². The van der Waals surface area contributed by atoms with Gasteiger partial charge >= 0.3 is 6.18 Å². The molecule has 3 N–H and O–H groups in total. The Hall–Kier alpha value is -1.60. The van der Waals surface area contributed by atoms with Gasteiger partial charge in [0.15, 0.2) is 0 Å². The number of hydrogen-bond acceptors (Lipinski definition) is 3. The van der Waals surface area contributed by atoms with Crippen LogP contribution in [0.1, 0.15) is 18.1 Å². The number of hydrogen-bond donors (Lipinski definition) is 2. The Bertz CT molecular complexity index is 491. The highest BCUT2D eigenvalue weighted by Crippen LogP contribution is 2.32. The lowest BCUT2D eigenvalue weighted by molar-refractivity contribution is -0.138. The maximum atomic E-state index is 12.8. The zero-order valence-corrected chi connectivity index (χ0v) is 11.9. The van der Waals surface area contributed by atoms with Crippen LogP contribution in [0.4, 0.5) is 13.2 Å². The minimum Gasteiger partial charge on any atom is -0.391 e.